The zero-order chi connectivity index (χ0) is 12.3. The molecule has 1 aromatic rings. The maximum atomic E-state index is 8.84. The molecule has 5 heteroatoms. The lowest BCUT2D eigenvalue weighted by Crippen LogP contribution is -2.19. The van der Waals surface area contributed by atoms with Crippen molar-refractivity contribution in [3.63, 3.8) is 0 Å². The van der Waals surface area contributed by atoms with Crippen molar-refractivity contribution in [2.75, 3.05) is 12.4 Å². The number of nitriles is 1. The molecular weight excluding hydrogens is 216 g/mol. The average molecular weight is 232 g/mol. The lowest BCUT2D eigenvalue weighted by molar-refractivity contribution is 0.108. The summed E-state index contributed by atoms with van der Waals surface area (Å²) in [5.74, 6) is 0.545. The summed E-state index contributed by atoms with van der Waals surface area (Å²) in [5.41, 5.74) is 1.21. The smallest absolute Gasteiger partial charge is 0.224 e. The van der Waals surface area contributed by atoms with Crippen molar-refractivity contribution in [1.82, 2.24) is 9.97 Å². The lowest BCUT2D eigenvalue weighted by Gasteiger charge is -2.13. The fraction of sp³-hybridized carbons (Fsp3) is 0.583. The molecule has 1 aromatic heterocycles. The van der Waals surface area contributed by atoms with Crippen LogP contribution in [0.1, 0.15) is 30.7 Å². The van der Waals surface area contributed by atoms with Gasteiger partial charge in [0.1, 0.15) is 11.8 Å². The van der Waals surface area contributed by atoms with Gasteiger partial charge in [-0.1, -0.05) is 0 Å². The zero-order valence-electron chi connectivity index (χ0n) is 10.1. The highest BCUT2D eigenvalue weighted by molar-refractivity contribution is 5.34. The van der Waals surface area contributed by atoms with Gasteiger partial charge in [-0.05, 0) is 32.3 Å². The van der Waals surface area contributed by atoms with Crippen molar-refractivity contribution in [3.8, 4) is 6.07 Å². The van der Waals surface area contributed by atoms with Gasteiger partial charge >= 0.3 is 0 Å². The van der Waals surface area contributed by atoms with Crippen molar-refractivity contribution in [1.29, 1.82) is 5.26 Å². The maximum Gasteiger partial charge on any atom is 0.224 e. The van der Waals surface area contributed by atoms with Crippen molar-refractivity contribution in [2.45, 2.75) is 38.3 Å². The predicted octanol–water partition coefficient (Wildman–Crippen LogP) is 1.64. The maximum absolute atomic E-state index is 8.84. The number of rotatable bonds is 3. The summed E-state index contributed by atoms with van der Waals surface area (Å²) < 4.78 is 5.31. The van der Waals surface area contributed by atoms with Gasteiger partial charge < -0.3 is 10.1 Å². The molecule has 17 heavy (non-hydrogen) atoms. The van der Waals surface area contributed by atoms with Crippen molar-refractivity contribution >= 4 is 5.95 Å². The van der Waals surface area contributed by atoms with E-state index in [1.54, 1.807) is 13.2 Å². The number of nitrogens with one attached hydrogen (secondary N) is 1. The molecule has 1 aliphatic rings. The third-order valence-electron chi connectivity index (χ3n) is 3.02. The van der Waals surface area contributed by atoms with E-state index in [-0.39, 0.29) is 0 Å². The molecule has 0 saturated heterocycles. The number of aromatic nitrogens is 2. The van der Waals surface area contributed by atoms with E-state index in [2.05, 4.69) is 15.3 Å². The highest BCUT2D eigenvalue weighted by Gasteiger charge is 2.24. The Labute approximate surface area is 101 Å². The highest BCUT2D eigenvalue weighted by Crippen LogP contribution is 2.23. The first-order valence-corrected chi connectivity index (χ1v) is 5.76. The molecule has 0 spiro atoms. The lowest BCUT2D eigenvalue weighted by atomic mass is 10.2. The van der Waals surface area contributed by atoms with E-state index < -0.39 is 0 Å². The Morgan fingerprint density at radius 3 is 2.94 bits per heavy atom. The Balaban J connectivity index is 2.04. The molecule has 1 saturated carbocycles. The Morgan fingerprint density at radius 1 is 1.47 bits per heavy atom. The fourth-order valence-corrected chi connectivity index (χ4v) is 2.16. The molecule has 1 fully saturated rings. The van der Waals surface area contributed by atoms with Gasteiger partial charge in [-0.25, -0.2) is 9.97 Å². The number of nitrogens with zero attached hydrogens (tertiary/aromatic N) is 3. The molecule has 0 aliphatic heterocycles. The fourth-order valence-electron chi connectivity index (χ4n) is 2.16. The van der Waals surface area contributed by atoms with Gasteiger partial charge in [-0.2, -0.15) is 5.26 Å². The zero-order valence-corrected chi connectivity index (χ0v) is 10.1. The summed E-state index contributed by atoms with van der Waals surface area (Å²) in [7, 11) is 1.74. The van der Waals surface area contributed by atoms with Gasteiger partial charge in [0, 0.05) is 18.8 Å². The highest BCUT2D eigenvalue weighted by atomic mass is 16.5. The molecule has 0 radical (unpaired) electrons. The molecule has 1 aliphatic carbocycles. The standard InChI is InChI=1S/C12H16N4O/c1-8-5-10(7-13)16-12(14-8)15-9-3-4-11(6-9)17-2/h5,9,11H,3-4,6H2,1-2H3,(H,14,15,16). The third kappa shape index (κ3) is 2.92. The number of anilines is 1. The predicted molar refractivity (Wildman–Crippen MR) is 63.5 cm³/mol. The number of hydrogen-bond acceptors (Lipinski definition) is 5. The molecule has 2 unspecified atom stereocenters. The summed E-state index contributed by atoms with van der Waals surface area (Å²) in [5, 5.41) is 12.1. The monoisotopic (exact) mass is 232 g/mol. The quantitative estimate of drug-likeness (QED) is 0.857. The number of ether oxygens (including phenoxy) is 1. The Bertz CT molecular complexity index is 441. The second-order valence-corrected chi connectivity index (χ2v) is 4.34. The normalized spacial score (nSPS) is 23.4. The second-order valence-electron chi connectivity index (χ2n) is 4.34. The summed E-state index contributed by atoms with van der Waals surface area (Å²) in [6, 6.07) is 4.06. The molecule has 1 N–H and O–H groups in total. The molecule has 5 nitrogen and oxygen atoms in total. The van der Waals surface area contributed by atoms with Gasteiger partial charge in [0.05, 0.1) is 6.10 Å². The largest absolute Gasteiger partial charge is 0.381 e. The first-order valence-electron chi connectivity index (χ1n) is 5.76. The Morgan fingerprint density at radius 2 is 2.29 bits per heavy atom. The molecule has 0 aromatic carbocycles. The molecule has 0 bridgehead atoms. The number of hydrogen-bond donors (Lipinski definition) is 1. The van der Waals surface area contributed by atoms with Crippen LogP contribution in [0.25, 0.3) is 0 Å². The van der Waals surface area contributed by atoms with Gasteiger partial charge in [0.15, 0.2) is 0 Å². The Hall–Kier alpha value is -1.67. The van der Waals surface area contributed by atoms with E-state index in [9.17, 15) is 0 Å². The first kappa shape index (κ1) is 11.8. The summed E-state index contributed by atoms with van der Waals surface area (Å²) in [6.07, 6.45) is 3.41. The number of methoxy groups -OCH3 is 1. The molecule has 0 amide bonds. The first-order chi connectivity index (χ1) is 8.21. The van der Waals surface area contributed by atoms with Crippen LogP contribution in [0.15, 0.2) is 6.07 Å². The summed E-state index contributed by atoms with van der Waals surface area (Å²) in [6.45, 7) is 1.86. The van der Waals surface area contributed by atoms with Crippen molar-refractivity contribution < 1.29 is 4.74 Å². The number of aryl methyl sites for hydroxylation is 1. The minimum Gasteiger partial charge on any atom is -0.381 e. The van der Waals surface area contributed by atoms with E-state index in [0.717, 1.165) is 25.0 Å². The van der Waals surface area contributed by atoms with Crippen LogP contribution in [0.2, 0.25) is 0 Å². The van der Waals surface area contributed by atoms with Gasteiger partial charge in [-0.15, -0.1) is 0 Å². The molecule has 2 atom stereocenters. The topological polar surface area (TPSA) is 70.8 Å². The van der Waals surface area contributed by atoms with E-state index >= 15 is 0 Å². The van der Waals surface area contributed by atoms with Crippen molar-refractivity contribution in [2.24, 2.45) is 0 Å². The summed E-state index contributed by atoms with van der Waals surface area (Å²) in [4.78, 5) is 8.42. The van der Waals surface area contributed by atoms with Crippen LogP contribution in [0.4, 0.5) is 5.95 Å². The molecule has 1 heterocycles. The molecule has 90 valence electrons. The van der Waals surface area contributed by atoms with Crippen LogP contribution in [-0.2, 0) is 4.74 Å². The molecular formula is C12H16N4O. The van der Waals surface area contributed by atoms with E-state index in [1.165, 1.54) is 0 Å². The SMILES string of the molecule is COC1CCC(Nc2nc(C)cc(C#N)n2)C1. The van der Waals surface area contributed by atoms with Crippen LogP contribution in [0, 0.1) is 18.3 Å². The Kier molecular flexibility index (Phi) is 3.55. The van der Waals surface area contributed by atoms with Gasteiger partial charge in [-0.3, -0.25) is 0 Å². The van der Waals surface area contributed by atoms with Crippen LogP contribution in [-0.4, -0.2) is 29.2 Å². The minimum atomic E-state index is 0.327. The average Bonchev–Trinajstić information content (AvgIpc) is 2.76. The van der Waals surface area contributed by atoms with Gasteiger partial charge in [0.25, 0.3) is 0 Å². The third-order valence-corrected chi connectivity index (χ3v) is 3.02. The second kappa shape index (κ2) is 5.11. The van der Waals surface area contributed by atoms with Gasteiger partial charge in [0.2, 0.25) is 5.95 Å². The van der Waals surface area contributed by atoms with Crippen LogP contribution < -0.4 is 5.32 Å². The van der Waals surface area contributed by atoms with Crippen LogP contribution >= 0.6 is 0 Å². The summed E-state index contributed by atoms with van der Waals surface area (Å²) >= 11 is 0. The minimum absolute atomic E-state index is 0.327. The van der Waals surface area contributed by atoms with E-state index in [0.29, 0.717) is 23.8 Å². The van der Waals surface area contributed by atoms with E-state index in [1.807, 2.05) is 13.0 Å². The van der Waals surface area contributed by atoms with Crippen molar-refractivity contribution in [3.05, 3.63) is 17.5 Å². The van der Waals surface area contributed by atoms with Crippen LogP contribution in [0.5, 0.6) is 0 Å². The van der Waals surface area contributed by atoms with Crippen LogP contribution in [0.3, 0.4) is 0 Å². The van der Waals surface area contributed by atoms with E-state index in [4.69, 9.17) is 10.00 Å². The molecule has 2 rings (SSSR count).